The van der Waals surface area contributed by atoms with Gasteiger partial charge in [-0.2, -0.15) is 0 Å². The molecular weight excluding hydrogens is 256 g/mol. The molecule has 4 heteroatoms. The van der Waals surface area contributed by atoms with E-state index in [9.17, 15) is 4.79 Å². The Balaban J connectivity index is 2.22. The Morgan fingerprint density at radius 2 is 1.30 bits per heavy atom. The van der Waals surface area contributed by atoms with E-state index in [1.165, 1.54) is 6.92 Å². The number of benzene rings is 2. The van der Waals surface area contributed by atoms with Gasteiger partial charge in [-0.15, -0.1) is 0 Å². The number of Topliss-reactive ketones (excluding diaryl/α,β-unsaturated/α-hetero) is 1. The van der Waals surface area contributed by atoms with Crippen molar-refractivity contribution in [2.24, 2.45) is 0 Å². The topological polar surface area (TPSA) is 44.8 Å². The van der Waals surface area contributed by atoms with Gasteiger partial charge in [-0.1, -0.05) is 0 Å². The van der Waals surface area contributed by atoms with Crippen LogP contribution in [-0.4, -0.2) is 20.0 Å². The van der Waals surface area contributed by atoms with Crippen molar-refractivity contribution in [3.05, 3.63) is 48.0 Å². The number of rotatable bonds is 5. The first-order valence-electron chi connectivity index (χ1n) is 6.14. The van der Waals surface area contributed by atoms with E-state index in [4.69, 9.17) is 14.2 Å². The molecule has 0 aromatic heterocycles. The van der Waals surface area contributed by atoms with Crippen LogP contribution in [0.5, 0.6) is 23.0 Å². The van der Waals surface area contributed by atoms with Crippen LogP contribution in [0.2, 0.25) is 0 Å². The highest BCUT2D eigenvalue weighted by molar-refractivity contribution is 5.94. The quantitative estimate of drug-likeness (QED) is 0.778. The maximum Gasteiger partial charge on any atom is 0.159 e. The SMILES string of the molecule is COc1cc(OC)cc(Oc2ccc(C(C)=O)cc2)c1. The molecule has 2 rings (SSSR count). The second-order valence-corrected chi connectivity index (χ2v) is 4.23. The minimum absolute atomic E-state index is 0.0274. The lowest BCUT2D eigenvalue weighted by Crippen LogP contribution is -1.92. The molecule has 0 saturated heterocycles. The van der Waals surface area contributed by atoms with Crippen LogP contribution in [0.25, 0.3) is 0 Å². The van der Waals surface area contributed by atoms with Crippen LogP contribution in [0, 0.1) is 0 Å². The normalized spacial score (nSPS) is 9.95. The summed E-state index contributed by atoms with van der Waals surface area (Å²) >= 11 is 0. The second kappa shape index (κ2) is 6.10. The summed E-state index contributed by atoms with van der Waals surface area (Å²) in [6.45, 7) is 1.53. The molecule has 20 heavy (non-hydrogen) atoms. The van der Waals surface area contributed by atoms with E-state index < -0.39 is 0 Å². The number of carbonyl (C=O) groups is 1. The third kappa shape index (κ3) is 3.29. The summed E-state index contributed by atoms with van der Waals surface area (Å²) in [5, 5.41) is 0. The summed E-state index contributed by atoms with van der Waals surface area (Å²) < 4.78 is 16.1. The van der Waals surface area contributed by atoms with E-state index in [1.54, 1.807) is 56.7 Å². The molecule has 0 unspecified atom stereocenters. The maximum absolute atomic E-state index is 11.2. The second-order valence-electron chi connectivity index (χ2n) is 4.23. The fourth-order valence-electron chi connectivity index (χ4n) is 1.73. The lowest BCUT2D eigenvalue weighted by Gasteiger charge is -2.10. The Morgan fingerprint density at radius 3 is 1.75 bits per heavy atom. The van der Waals surface area contributed by atoms with Crippen molar-refractivity contribution in [1.82, 2.24) is 0 Å². The minimum Gasteiger partial charge on any atom is -0.496 e. The van der Waals surface area contributed by atoms with E-state index in [0.717, 1.165) is 0 Å². The monoisotopic (exact) mass is 272 g/mol. The van der Waals surface area contributed by atoms with Crippen molar-refractivity contribution >= 4 is 5.78 Å². The van der Waals surface area contributed by atoms with E-state index in [1.807, 2.05) is 0 Å². The maximum atomic E-state index is 11.2. The Kier molecular flexibility index (Phi) is 4.25. The van der Waals surface area contributed by atoms with Crippen LogP contribution in [0.1, 0.15) is 17.3 Å². The lowest BCUT2D eigenvalue weighted by molar-refractivity contribution is 0.101. The van der Waals surface area contributed by atoms with Crippen LogP contribution < -0.4 is 14.2 Å². The van der Waals surface area contributed by atoms with Gasteiger partial charge in [-0.3, -0.25) is 4.79 Å². The zero-order valence-electron chi connectivity index (χ0n) is 11.7. The average molecular weight is 272 g/mol. The summed E-state index contributed by atoms with van der Waals surface area (Å²) in [6, 6.07) is 12.3. The van der Waals surface area contributed by atoms with Crippen LogP contribution in [0.15, 0.2) is 42.5 Å². The molecule has 0 aliphatic rings. The summed E-state index contributed by atoms with van der Waals surface area (Å²) in [4.78, 5) is 11.2. The molecule has 0 saturated carbocycles. The van der Waals surface area contributed by atoms with Gasteiger partial charge in [0.2, 0.25) is 0 Å². The molecular formula is C16H16O4. The third-order valence-electron chi connectivity index (χ3n) is 2.82. The molecule has 0 aliphatic carbocycles. The fourth-order valence-corrected chi connectivity index (χ4v) is 1.73. The van der Waals surface area contributed by atoms with Crippen molar-refractivity contribution in [2.75, 3.05) is 14.2 Å². The molecule has 0 fully saturated rings. The van der Waals surface area contributed by atoms with Crippen LogP contribution in [-0.2, 0) is 0 Å². The molecule has 0 spiro atoms. The minimum atomic E-state index is 0.0274. The Labute approximate surface area is 117 Å². The third-order valence-corrected chi connectivity index (χ3v) is 2.82. The number of ether oxygens (including phenoxy) is 3. The zero-order valence-corrected chi connectivity index (χ0v) is 11.7. The first kappa shape index (κ1) is 13.9. The van der Waals surface area contributed by atoms with Gasteiger partial charge >= 0.3 is 0 Å². The van der Waals surface area contributed by atoms with Gasteiger partial charge in [0, 0.05) is 23.8 Å². The van der Waals surface area contributed by atoms with Crippen molar-refractivity contribution in [3.8, 4) is 23.0 Å². The van der Waals surface area contributed by atoms with Crippen molar-refractivity contribution in [3.63, 3.8) is 0 Å². The first-order chi connectivity index (χ1) is 9.62. The predicted octanol–water partition coefficient (Wildman–Crippen LogP) is 3.70. The number of hydrogen-bond donors (Lipinski definition) is 0. The molecule has 0 aliphatic heterocycles. The van der Waals surface area contributed by atoms with Gasteiger partial charge in [0.25, 0.3) is 0 Å². The summed E-state index contributed by atoms with van der Waals surface area (Å²) in [5.74, 6) is 2.58. The van der Waals surface area contributed by atoms with Gasteiger partial charge in [0.05, 0.1) is 14.2 Å². The van der Waals surface area contributed by atoms with Crippen molar-refractivity contribution in [2.45, 2.75) is 6.92 Å². The molecule has 0 heterocycles. The Morgan fingerprint density at radius 1 is 0.800 bits per heavy atom. The highest BCUT2D eigenvalue weighted by Gasteiger charge is 2.05. The lowest BCUT2D eigenvalue weighted by atomic mass is 10.1. The van der Waals surface area contributed by atoms with E-state index >= 15 is 0 Å². The smallest absolute Gasteiger partial charge is 0.159 e. The first-order valence-corrected chi connectivity index (χ1v) is 6.14. The highest BCUT2D eigenvalue weighted by atomic mass is 16.5. The largest absolute Gasteiger partial charge is 0.496 e. The highest BCUT2D eigenvalue weighted by Crippen LogP contribution is 2.30. The molecule has 4 nitrogen and oxygen atoms in total. The molecule has 0 atom stereocenters. The van der Waals surface area contributed by atoms with Crippen LogP contribution in [0.3, 0.4) is 0 Å². The zero-order chi connectivity index (χ0) is 14.5. The molecule has 0 radical (unpaired) electrons. The van der Waals surface area contributed by atoms with Gasteiger partial charge in [-0.05, 0) is 31.2 Å². The summed E-state index contributed by atoms with van der Waals surface area (Å²) in [7, 11) is 3.17. The fraction of sp³-hybridized carbons (Fsp3) is 0.188. The molecule has 0 bridgehead atoms. The Hall–Kier alpha value is -2.49. The predicted molar refractivity (Wildman–Crippen MR) is 76.1 cm³/mol. The summed E-state index contributed by atoms with van der Waals surface area (Å²) in [5.41, 5.74) is 0.653. The molecule has 104 valence electrons. The van der Waals surface area contributed by atoms with Crippen LogP contribution in [0.4, 0.5) is 0 Å². The van der Waals surface area contributed by atoms with Crippen LogP contribution >= 0.6 is 0 Å². The van der Waals surface area contributed by atoms with Gasteiger partial charge in [0.15, 0.2) is 5.78 Å². The molecule has 2 aromatic rings. The van der Waals surface area contributed by atoms with E-state index in [0.29, 0.717) is 28.6 Å². The van der Waals surface area contributed by atoms with Crippen molar-refractivity contribution in [1.29, 1.82) is 0 Å². The average Bonchev–Trinajstić information content (AvgIpc) is 2.47. The van der Waals surface area contributed by atoms with Gasteiger partial charge < -0.3 is 14.2 Å². The number of ketones is 1. The summed E-state index contributed by atoms with van der Waals surface area (Å²) in [6.07, 6.45) is 0. The van der Waals surface area contributed by atoms with Crippen molar-refractivity contribution < 1.29 is 19.0 Å². The molecule has 0 amide bonds. The molecule has 0 N–H and O–H groups in total. The van der Waals surface area contributed by atoms with Gasteiger partial charge in [-0.25, -0.2) is 0 Å². The number of hydrogen-bond acceptors (Lipinski definition) is 4. The number of carbonyl (C=O) groups excluding carboxylic acids is 1. The standard InChI is InChI=1S/C16H16O4/c1-11(17)12-4-6-13(7-5-12)20-16-9-14(18-2)8-15(10-16)19-3/h4-10H,1-3H3. The van der Waals surface area contributed by atoms with E-state index in [2.05, 4.69) is 0 Å². The van der Waals surface area contributed by atoms with E-state index in [-0.39, 0.29) is 5.78 Å². The number of methoxy groups -OCH3 is 2. The Bertz CT molecular complexity index is 580. The molecule has 2 aromatic carbocycles. The van der Waals surface area contributed by atoms with Gasteiger partial charge in [0.1, 0.15) is 23.0 Å².